The first-order valence-corrected chi connectivity index (χ1v) is 18.3. The average molecular weight is 677 g/mol. The number of imide groups is 1. The van der Waals surface area contributed by atoms with Gasteiger partial charge in [0.2, 0.25) is 5.13 Å². The summed E-state index contributed by atoms with van der Waals surface area (Å²) in [4.78, 5) is 44.1. The van der Waals surface area contributed by atoms with Crippen LogP contribution in [0.3, 0.4) is 0 Å². The predicted octanol–water partition coefficient (Wildman–Crippen LogP) is 9.42. The van der Waals surface area contributed by atoms with Crippen molar-refractivity contribution in [3.8, 4) is 0 Å². The first-order valence-electron chi connectivity index (χ1n) is 17.0. The molecule has 0 fully saturated rings. The predicted molar refractivity (Wildman–Crippen MR) is 194 cm³/mol. The van der Waals surface area contributed by atoms with E-state index in [0.29, 0.717) is 32.6 Å². The molecule has 8 rings (SSSR count). The molecule has 2 aliphatic heterocycles. The summed E-state index contributed by atoms with van der Waals surface area (Å²) < 4.78 is 0.378. The molecule has 0 saturated carbocycles. The number of unbranched alkanes of at least 4 members (excludes halogenated alkanes) is 9. The first-order chi connectivity index (χ1) is 23.4. The van der Waals surface area contributed by atoms with Gasteiger partial charge in [-0.2, -0.15) is 0 Å². The summed E-state index contributed by atoms with van der Waals surface area (Å²) in [5, 5.41) is 25.3. The average Bonchev–Trinajstić information content (AvgIpc) is 3.52. The molecule has 0 spiro atoms. The highest BCUT2D eigenvalue weighted by Crippen LogP contribution is 2.47. The minimum Gasteiger partial charge on any atom is -0.369 e. The third-order valence-electron chi connectivity index (χ3n) is 10.2. The summed E-state index contributed by atoms with van der Waals surface area (Å²) in [7, 11) is 0. The van der Waals surface area contributed by atoms with E-state index in [1.165, 1.54) is 44.9 Å². The highest BCUT2D eigenvalue weighted by atomic mass is 32.1. The van der Waals surface area contributed by atoms with E-state index in [1.807, 2.05) is 36.4 Å². The number of anilines is 1. The van der Waals surface area contributed by atoms with E-state index in [2.05, 4.69) is 17.1 Å². The van der Waals surface area contributed by atoms with E-state index in [-0.39, 0.29) is 11.0 Å². The Hall–Kier alpha value is -4.25. The zero-order valence-electron chi connectivity index (χ0n) is 26.8. The summed E-state index contributed by atoms with van der Waals surface area (Å²) in [5.74, 6) is -1.04. The molecule has 2 aliphatic rings. The second kappa shape index (κ2) is 12.3. The number of H-pyrrole nitrogens is 1. The molecular formula is C38H36N4O4S2. The van der Waals surface area contributed by atoms with Crippen molar-refractivity contribution in [3.05, 3.63) is 74.7 Å². The lowest BCUT2D eigenvalue weighted by Gasteiger charge is -2.34. The molecule has 3 amide bonds. The Labute approximate surface area is 286 Å². The van der Waals surface area contributed by atoms with Gasteiger partial charge in [0.1, 0.15) is 0 Å². The number of aliphatic hydroxyl groups is 1. The Bertz CT molecular complexity index is 2260. The van der Waals surface area contributed by atoms with Crippen molar-refractivity contribution in [2.75, 3.05) is 11.4 Å². The molecule has 2 N–H and O–H groups in total. The van der Waals surface area contributed by atoms with E-state index in [0.717, 1.165) is 78.8 Å². The molecule has 6 aromatic rings. The lowest BCUT2D eigenvalue weighted by atomic mass is 9.82. The van der Waals surface area contributed by atoms with Gasteiger partial charge in [0.05, 0.1) is 0 Å². The quantitative estimate of drug-likeness (QED) is 0.0440. The molecule has 0 bridgehead atoms. The van der Waals surface area contributed by atoms with Crippen LogP contribution < -0.4 is 4.90 Å². The minimum atomic E-state index is -1.02. The second-order valence-corrected chi connectivity index (χ2v) is 14.7. The number of aromatic amines is 1. The fraction of sp³-hybridized carbons (Fsp3) is 0.342. The van der Waals surface area contributed by atoms with Gasteiger partial charge in [-0.1, -0.05) is 106 Å². The molecule has 0 radical (unpaired) electrons. The number of fused-ring (bicyclic) bond motifs is 2. The normalized spacial score (nSPS) is 16.1. The first kappa shape index (κ1) is 31.0. The Kier molecular flexibility index (Phi) is 7.97. The largest absolute Gasteiger partial charge is 0.369 e. The lowest BCUT2D eigenvalue weighted by molar-refractivity contribution is 0.00419. The number of nitrogens with one attached hydrogen (secondary N) is 1. The number of carbonyl (C=O) groups excluding carboxylic acids is 3. The van der Waals surface area contributed by atoms with E-state index in [4.69, 9.17) is 12.2 Å². The van der Waals surface area contributed by atoms with Crippen molar-refractivity contribution >= 4 is 89.5 Å². The van der Waals surface area contributed by atoms with E-state index in [9.17, 15) is 19.5 Å². The van der Waals surface area contributed by atoms with Crippen LogP contribution in [0, 0.1) is 3.95 Å². The van der Waals surface area contributed by atoms with Crippen LogP contribution in [-0.2, 0) is 0 Å². The van der Waals surface area contributed by atoms with Gasteiger partial charge < -0.3 is 10.0 Å². The molecule has 1 aromatic heterocycles. The van der Waals surface area contributed by atoms with Crippen molar-refractivity contribution in [3.63, 3.8) is 0 Å². The van der Waals surface area contributed by atoms with Crippen molar-refractivity contribution < 1.29 is 19.5 Å². The molecule has 48 heavy (non-hydrogen) atoms. The van der Waals surface area contributed by atoms with Gasteiger partial charge in [-0.15, -0.1) is 5.10 Å². The van der Waals surface area contributed by atoms with Crippen LogP contribution in [0.25, 0.3) is 43.1 Å². The highest BCUT2D eigenvalue weighted by molar-refractivity contribution is 7.73. The third kappa shape index (κ3) is 4.75. The van der Waals surface area contributed by atoms with Gasteiger partial charge in [0, 0.05) is 39.6 Å². The van der Waals surface area contributed by atoms with E-state index in [1.54, 1.807) is 17.0 Å². The lowest BCUT2D eigenvalue weighted by Crippen LogP contribution is -2.40. The van der Waals surface area contributed by atoms with Crippen molar-refractivity contribution in [1.29, 1.82) is 0 Å². The maximum Gasteiger partial charge on any atom is 0.267 e. The molecule has 8 nitrogen and oxygen atoms in total. The number of rotatable bonds is 12. The minimum absolute atomic E-state index is 0.149. The molecule has 0 aliphatic carbocycles. The maximum atomic E-state index is 13.9. The standard InChI is InChI=1S/C38H36N4O4S2/c1-2-3-4-5-6-7-8-9-10-11-20-41-33(43)25-16-12-21-23-14-18-27-32-28(36(46)42(35(27)45)37-39-40-38(47)48-37)19-15-24(30(23)32)22-13-17-26(34(41)44)31(25)29(21)22/h12-19,33,43H,2-11,20H2,1H3,(H,40,47). The summed E-state index contributed by atoms with van der Waals surface area (Å²) in [6.07, 6.45) is 11.0. The number of benzene rings is 5. The molecule has 244 valence electrons. The summed E-state index contributed by atoms with van der Waals surface area (Å²) in [5.41, 5.74) is 2.18. The van der Waals surface area contributed by atoms with E-state index >= 15 is 0 Å². The van der Waals surface area contributed by atoms with Crippen molar-refractivity contribution in [2.24, 2.45) is 0 Å². The Balaban J connectivity index is 1.13. The van der Waals surface area contributed by atoms with Crippen LogP contribution in [0.2, 0.25) is 0 Å². The number of nitrogens with zero attached hydrogens (tertiary/aromatic N) is 3. The van der Waals surface area contributed by atoms with E-state index < -0.39 is 18.0 Å². The number of hydrogen-bond acceptors (Lipinski definition) is 7. The zero-order chi connectivity index (χ0) is 33.1. The van der Waals surface area contributed by atoms with Gasteiger partial charge in [-0.05, 0) is 69.2 Å². The van der Waals surface area contributed by atoms with Crippen LogP contribution in [0.5, 0.6) is 0 Å². The van der Waals surface area contributed by atoms with Gasteiger partial charge >= 0.3 is 0 Å². The number of aromatic nitrogens is 2. The smallest absolute Gasteiger partial charge is 0.267 e. The molecule has 3 heterocycles. The highest BCUT2D eigenvalue weighted by Gasteiger charge is 2.38. The fourth-order valence-corrected chi connectivity index (χ4v) is 8.79. The third-order valence-corrected chi connectivity index (χ3v) is 11.3. The summed E-state index contributed by atoms with van der Waals surface area (Å²) >= 11 is 6.24. The van der Waals surface area contributed by atoms with Crippen molar-refractivity contribution in [2.45, 2.75) is 77.4 Å². The van der Waals surface area contributed by atoms with Crippen LogP contribution in [0.4, 0.5) is 5.13 Å². The number of carbonyl (C=O) groups is 3. The molecule has 1 atom stereocenters. The monoisotopic (exact) mass is 676 g/mol. The summed E-state index contributed by atoms with van der Waals surface area (Å²) in [6, 6.07) is 15.2. The van der Waals surface area contributed by atoms with Crippen LogP contribution >= 0.6 is 23.6 Å². The topological polar surface area (TPSA) is 107 Å². The number of amides is 3. The number of aliphatic hydroxyl groups excluding tert-OH is 1. The molecule has 10 heteroatoms. The zero-order valence-corrected chi connectivity index (χ0v) is 28.4. The summed E-state index contributed by atoms with van der Waals surface area (Å²) in [6.45, 7) is 2.76. The Morgan fingerprint density at radius 1 is 0.688 bits per heavy atom. The van der Waals surface area contributed by atoms with Gasteiger partial charge in [-0.25, -0.2) is 4.90 Å². The Morgan fingerprint density at radius 3 is 1.73 bits per heavy atom. The van der Waals surface area contributed by atoms with Gasteiger partial charge in [0.15, 0.2) is 10.2 Å². The van der Waals surface area contributed by atoms with Crippen molar-refractivity contribution in [1.82, 2.24) is 15.1 Å². The van der Waals surface area contributed by atoms with Crippen LogP contribution in [0.15, 0.2) is 48.5 Å². The van der Waals surface area contributed by atoms with Gasteiger partial charge in [0.25, 0.3) is 17.7 Å². The molecule has 0 saturated heterocycles. The second-order valence-electron chi connectivity index (χ2n) is 13.1. The number of hydrogen-bond donors (Lipinski definition) is 2. The molecule has 5 aromatic carbocycles. The fourth-order valence-electron chi connectivity index (χ4n) is 7.92. The van der Waals surface area contributed by atoms with Crippen LogP contribution in [-0.4, -0.2) is 44.5 Å². The molecular weight excluding hydrogens is 641 g/mol. The SMILES string of the molecule is CCCCCCCCCCCCN1C(=O)c2ccc3c4ccc5c6c(ccc(c7ccc(c2c37)C1O)c64)C(=O)N(c1n[nH]c(=S)s1)C5=O. The maximum absolute atomic E-state index is 13.9. The molecule has 1 unspecified atom stereocenters. The Morgan fingerprint density at radius 2 is 1.19 bits per heavy atom. The van der Waals surface area contributed by atoms with Gasteiger partial charge in [-0.3, -0.25) is 19.5 Å². The van der Waals surface area contributed by atoms with Crippen LogP contribution in [0.1, 0.15) is 114 Å².